The Morgan fingerprint density at radius 2 is 1.80 bits per heavy atom. The first-order valence-corrected chi connectivity index (χ1v) is 8.64. The summed E-state index contributed by atoms with van der Waals surface area (Å²) in [7, 11) is 6.01. The first kappa shape index (κ1) is 17.4. The fraction of sp³-hybridized carbons (Fsp3) is 0.556. The third-order valence-electron chi connectivity index (χ3n) is 4.55. The number of fused-ring (bicyclic) bond motifs is 1. The molecule has 1 aromatic carbocycles. The molecule has 2 aliphatic heterocycles. The third-order valence-corrected chi connectivity index (χ3v) is 4.55. The van der Waals surface area contributed by atoms with Crippen molar-refractivity contribution in [3.05, 3.63) is 23.8 Å². The monoisotopic (exact) mass is 345 g/mol. The molecule has 0 bridgehead atoms. The molecule has 2 aliphatic rings. The van der Waals surface area contributed by atoms with Gasteiger partial charge in [-0.1, -0.05) is 12.1 Å². The van der Waals surface area contributed by atoms with Crippen LogP contribution in [-0.2, 0) is 6.42 Å². The Morgan fingerprint density at radius 3 is 2.52 bits per heavy atom. The lowest BCUT2D eigenvalue weighted by Crippen LogP contribution is -2.47. The van der Waals surface area contributed by atoms with Crippen molar-refractivity contribution in [2.75, 3.05) is 34.5 Å². The van der Waals surface area contributed by atoms with E-state index in [0.717, 1.165) is 41.9 Å². The molecule has 25 heavy (non-hydrogen) atoms. The molecule has 7 nitrogen and oxygen atoms in total. The highest BCUT2D eigenvalue weighted by molar-refractivity contribution is 5.99. The van der Waals surface area contributed by atoms with Gasteiger partial charge in [-0.2, -0.15) is 0 Å². The van der Waals surface area contributed by atoms with Gasteiger partial charge in [-0.05, 0) is 31.9 Å². The molecule has 7 heteroatoms. The Labute approximate surface area is 149 Å². The van der Waals surface area contributed by atoms with Crippen LogP contribution < -0.4 is 14.8 Å². The summed E-state index contributed by atoms with van der Waals surface area (Å²) in [6.07, 6.45) is 0.849. The molecule has 1 N–H and O–H groups in total. The highest BCUT2D eigenvalue weighted by Crippen LogP contribution is 2.35. The van der Waals surface area contributed by atoms with Crippen LogP contribution in [0.25, 0.3) is 0 Å². The van der Waals surface area contributed by atoms with Crippen LogP contribution in [0, 0.1) is 0 Å². The van der Waals surface area contributed by atoms with Gasteiger partial charge in [-0.3, -0.25) is 5.32 Å². The third kappa shape index (κ3) is 3.81. The van der Waals surface area contributed by atoms with E-state index < -0.39 is 0 Å². The van der Waals surface area contributed by atoms with E-state index in [2.05, 4.69) is 30.1 Å². The Balaban J connectivity index is 1.70. The maximum absolute atomic E-state index is 5.59. The van der Waals surface area contributed by atoms with Crippen LogP contribution >= 0.6 is 0 Å². The van der Waals surface area contributed by atoms with E-state index in [1.165, 1.54) is 0 Å². The number of hydrogen-bond acceptors (Lipinski definition) is 7. The summed E-state index contributed by atoms with van der Waals surface area (Å²) in [5.74, 6) is 3.37. The Kier molecular flexibility index (Phi) is 5.01. The molecule has 0 saturated carbocycles. The maximum Gasteiger partial charge on any atom is 0.231 e. The van der Waals surface area contributed by atoms with Crippen LogP contribution in [0.1, 0.15) is 19.4 Å². The molecule has 0 aromatic heterocycles. The topological polar surface area (TPSA) is 61.7 Å². The largest absolute Gasteiger partial charge is 0.454 e. The minimum absolute atomic E-state index is 0.125. The molecule has 0 fully saturated rings. The SMILES string of the molecule is CC1N=C(N(C)C)NC(N(C)CCc2cccc3c2OCO3)=NC1C. The average Bonchev–Trinajstić information content (AvgIpc) is 3.01. The molecule has 3 rings (SSSR count). The van der Waals surface area contributed by atoms with Gasteiger partial charge in [0.2, 0.25) is 18.7 Å². The van der Waals surface area contributed by atoms with E-state index in [4.69, 9.17) is 19.5 Å². The standard InChI is InChI=1S/C18H27N5O2/c1-12-13(2)20-18(21-17(19-12)22(3)4)23(5)10-9-14-7-6-8-15-16(14)25-11-24-15/h6-8,12-13H,9-11H2,1-5H3,(H,19,20,21). The van der Waals surface area contributed by atoms with Crippen molar-refractivity contribution in [3.63, 3.8) is 0 Å². The smallest absolute Gasteiger partial charge is 0.231 e. The molecule has 0 radical (unpaired) electrons. The number of nitrogens with one attached hydrogen (secondary N) is 1. The predicted octanol–water partition coefficient (Wildman–Crippen LogP) is 1.54. The van der Waals surface area contributed by atoms with Gasteiger partial charge in [0.15, 0.2) is 11.5 Å². The van der Waals surface area contributed by atoms with Crippen LogP contribution in [0.5, 0.6) is 11.5 Å². The Bertz CT molecular complexity index is 686. The van der Waals surface area contributed by atoms with Crippen LogP contribution in [-0.4, -0.2) is 68.3 Å². The number of benzene rings is 1. The second-order valence-corrected chi connectivity index (χ2v) is 6.73. The molecular weight excluding hydrogens is 318 g/mol. The lowest BCUT2D eigenvalue weighted by Gasteiger charge is -2.24. The normalized spacial score (nSPS) is 21.8. The number of rotatable bonds is 3. The molecule has 0 amide bonds. The van der Waals surface area contributed by atoms with Crippen LogP contribution in [0.2, 0.25) is 0 Å². The fourth-order valence-corrected chi connectivity index (χ4v) is 2.77. The van der Waals surface area contributed by atoms with E-state index in [0.29, 0.717) is 6.79 Å². The average molecular weight is 345 g/mol. The molecular formula is C18H27N5O2. The zero-order chi connectivity index (χ0) is 18.0. The highest BCUT2D eigenvalue weighted by atomic mass is 16.7. The van der Waals surface area contributed by atoms with Crippen molar-refractivity contribution in [2.24, 2.45) is 9.98 Å². The lowest BCUT2D eigenvalue weighted by molar-refractivity contribution is 0.173. The Morgan fingerprint density at radius 1 is 1.08 bits per heavy atom. The summed E-state index contributed by atoms with van der Waals surface area (Å²) in [6, 6.07) is 6.29. The molecule has 0 spiro atoms. The minimum Gasteiger partial charge on any atom is -0.454 e. The first-order chi connectivity index (χ1) is 12.0. The maximum atomic E-state index is 5.59. The number of likely N-dealkylation sites (N-methyl/N-ethyl adjacent to an activating group) is 1. The molecule has 2 unspecified atom stereocenters. The van der Waals surface area contributed by atoms with E-state index in [9.17, 15) is 0 Å². The molecule has 2 heterocycles. The van der Waals surface area contributed by atoms with Gasteiger partial charge in [0, 0.05) is 27.7 Å². The molecule has 136 valence electrons. The number of aliphatic imine (C=N–C) groups is 2. The fourth-order valence-electron chi connectivity index (χ4n) is 2.77. The summed E-state index contributed by atoms with van der Waals surface area (Å²) in [4.78, 5) is 13.6. The number of nitrogens with zero attached hydrogens (tertiary/aromatic N) is 4. The van der Waals surface area contributed by atoms with Crippen LogP contribution in [0.3, 0.4) is 0 Å². The van der Waals surface area contributed by atoms with Crippen molar-refractivity contribution < 1.29 is 9.47 Å². The van der Waals surface area contributed by atoms with Crippen LogP contribution in [0.4, 0.5) is 0 Å². The summed E-state index contributed by atoms with van der Waals surface area (Å²) in [5.41, 5.74) is 1.15. The van der Waals surface area contributed by atoms with Crippen molar-refractivity contribution in [3.8, 4) is 11.5 Å². The van der Waals surface area contributed by atoms with Crippen molar-refractivity contribution in [2.45, 2.75) is 32.4 Å². The second kappa shape index (κ2) is 7.21. The predicted molar refractivity (Wildman–Crippen MR) is 99.5 cm³/mol. The molecule has 2 atom stereocenters. The van der Waals surface area contributed by atoms with E-state index >= 15 is 0 Å². The van der Waals surface area contributed by atoms with Crippen molar-refractivity contribution in [1.29, 1.82) is 0 Å². The van der Waals surface area contributed by atoms with E-state index in [1.54, 1.807) is 0 Å². The summed E-state index contributed by atoms with van der Waals surface area (Å²) in [5, 5.41) is 3.36. The lowest BCUT2D eigenvalue weighted by atomic mass is 10.1. The Hall–Kier alpha value is -2.44. The van der Waals surface area contributed by atoms with Crippen molar-refractivity contribution >= 4 is 11.9 Å². The van der Waals surface area contributed by atoms with Gasteiger partial charge >= 0.3 is 0 Å². The van der Waals surface area contributed by atoms with Crippen LogP contribution in [0.15, 0.2) is 28.2 Å². The molecule has 0 aliphatic carbocycles. The quantitative estimate of drug-likeness (QED) is 0.900. The van der Waals surface area contributed by atoms with E-state index in [1.807, 2.05) is 38.2 Å². The highest BCUT2D eigenvalue weighted by Gasteiger charge is 2.22. The number of hydrogen-bond donors (Lipinski definition) is 1. The molecule has 0 saturated heterocycles. The summed E-state index contributed by atoms with van der Waals surface area (Å²) >= 11 is 0. The van der Waals surface area contributed by atoms with Gasteiger partial charge in [-0.15, -0.1) is 0 Å². The number of para-hydroxylation sites is 1. The van der Waals surface area contributed by atoms with Gasteiger partial charge < -0.3 is 19.3 Å². The zero-order valence-corrected chi connectivity index (χ0v) is 15.6. The van der Waals surface area contributed by atoms with E-state index in [-0.39, 0.29) is 12.1 Å². The summed E-state index contributed by atoms with van der Waals surface area (Å²) in [6.45, 7) is 5.30. The minimum atomic E-state index is 0.125. The number of ether oxygens (including phenoxy) is 2. The van der Waals surface area contributed by atoms with Gasteiger partial charge in [-0.25, -0.2) is 9.98 Å². The zero-order valence-electron chi connectivity index (χ0n) is 15.6. The second-order valence-electron chi connectivity index (χ2n) is 6.73. The van der Waals surface area contributed by atoms with Gasteiger partial charge in [0.1, 0.15) is 0 Å². The van der Waals surface area contributed by atoms with Crippen molar-refractivity contribution in [1.82, 2.24) is 15.1 Å². The molecule has 1 aromatic rings. The first-order valence-electron chi connectivity index (χ1n) is 8.64. The summed E-state index contributed by atoms with van der Waals surface area (Å²) < 4.78 is 11.0. The number of guanidine groups is 2. The van der Waals surface area contributed by atoms with Gasteiger partial charge in [0.25, 0.3) is 0 Å². The van der Waals surface area contributed by atoms with Gasteiger partial charge in [0.05, 0.1) is 12.1 Å².